The van der Waals surface area contributed by atoms with Crippen LogP contribution in [0.4, 0.5) is 0 Å². The average molecular weight is 291 g/mol. The summed E-state index contributed by atoms with van der Waals surface area (Å²) in [7, 11) is 1.67. The van der Waals surface area contributed by atoms with Gasteiger partial charge in [0.1, 0.15) is 11.3 Å². The smallest absolute Gasteiger partial charge is 0.323 e. The van der Waals surface area contributed by atoms with E-state index in [0.717, 1.165) is 18.6 Å². The van der Waals surface area contributed by atoms with Gasteiger partial charge in [0.25, 0.3) is 0 Å². The number of hydrogen-bond acceptors (Lipinski definition) is 3. The van der Waals surface area contributed by atoms with Crippen LogP contribution in [0.3, 0.4) is 0 Å². The van der Waals surface area contributed by atoms with E-state index in [1.54, 1.807) is 14.0 Å². The van der Waals surface area contributed by atoms with Crippen molar-refractivity contribution in [3.63, 3.8) is 0 Å². The molecule has 0 fully saturated rings. The normalized spacial score (nSPS) is 18.4. The fraction of sp³-hybridized carbons (Fsp3) is 0.588. The molecule has 0 amide bonds. The summed E-state index contributed by atoms with van der Waals surface area (Å²) in [5.74, 6) is -0.0158. The minimum atomic E-state index is -0.965. The van der Waals surface area contributed by atoms with Gasteiger partial charge in [-0.25, -0.2) is 0 Å². The molecule has 0 aromatic heterocycles. The zero-order valence-corrected chi connectivity index (χ0v) is 13.1. The van der Waals surface area contributed by atoms with Gasteiger partial charge in [-0.2, -0.15) is 0 Å². The van der Waals surface area contributed by atoms with Crippen molar-refractivity contribution in [1.29, 1.82) is 0 Å². The van der Waals surface area contributed by atoms with Crippen LogP contribution in [0.15, 0.2) is 18.2 Å². The zero-order chi connectivity index (χ0) is 15.5. The molecule has 4 nitrogen and oxygen atoms in total. The number of benzene rings is 1. The molecule has 0 heterocycles. The highest BCUT2D eigenvalue weighted by atomic mass is 16.5. The van der Waals surface area contributed by atoms with Crippen molar-refractivity contribution in [3.8, 4) is 5.75 Å². The van der Waals surface area contributed by atoms with Gasteiger partial charge in [-0.05, 0) is 69.8 Å². The van der Waals surface area contributed by atoms with E-state index < -0.39 is 11.5 Å². The van der Waals surface area contributed by atoms with Crippen LogP contribution < -0.4 is 10.1 Å². The molecule has 0 saturated heterocycles. The maximum atomic E-state index is 11.3. The lowest BCUT2D eigenvalue weighted by molar-refractivity contribution is -0.145. The number of ether oxygens (including phenoxy) is 1. The third kappa shape index (κ3) is 3.76. The number of aryl methyl sites for hydroxylation is 2. The number of hydrogen-bond donors (Lipinski definition) is 2. The van der Waals surface area contributed by atoms with Gasteiger partial charge in [-0.3, -0.25) is 4.79 Å². The number of carbonyl (C=O) groups is 1. The Kier molecular flexibility index (Phi) is 4.88. The molecule has 1 aromatic carbocycles. The molecule has 0 bridgehead atoms. The first-order chi connectivity index (χ1) is 9.94. The molecule has 21 heavy (non-hydrogen) atoms. The monoisotopic (exact) mass is 291 g/mol. The standard InChI is InChI=1S/C17H25NO3/c1-12(11-17(2,18-3)16(19)20)21-15-9-8-13-6-4-5-7-14(13)10-15/h8-10,12,18H,4-7,11H2,1-3H3,(H,19,20). The SMILES string of the molecule is CNC(C)(CC(C)Oc1ccc2c(c1)CCCC2)C(=O)O. The number of carboxylic acids is 1. The zero-order valence-electron chi connectivity index (χ0n) is 13.1. The molecular weight excluding hydrogens is 266 g/mol. The number of rotatable bonds is 6. The first-order valence-corrected chi connectivity index (χ1v) is 7.65. The largest absolute Gasteiger partial charge is 0.491 e. The maximum Gasteiger partial charge on any atom is 0.323 e. The van der Waals surface area contributed by atoms with Gasteiger partial charge in [-0.15, -0.1) is 0 Å². The summed E-state index contributed by atoms with van der Waals surface area (Å²) in [5, 5.41) is 12.2. The van der Waals surface area contributed by atoms with Crippen molar-refractivity contribution >= 4 is 5.97 Å². The highest BCUT2D eigenvalue weighted by molar-refractivity contribution is 5.78. The summed E-state index contributed by atoms with van der Waals surface area (Å²) < 4.78 is 5.92. The molecule has 0 aliphatic heterocycles. The van der Waals surface area contributed by atoms with Gasteiger partial charge in [0, 0.05) is 6.42 Å². The van der Waals surface area contributed by atoms with E-state index in [9.17, 15) is 9.90 Å². The van der Waals surface area contributed by atoms with Gasteiger partial charge in [0.2, 0.25) is 0 Å². The van der Waals surface area contributed by atoms with Crippen molar-refractivity contribution < 1.29 is 14.6 Å². The van der Waals surface area contributed by atoms with E-state index in [1.165, 1.54) is 24.0 Å². The van der Waals surface area contributed by atoms with Crippen LogP contribution >= 0.6 is 0 Å². The molecule has 1 aromatic rings. The van der Waals surface area contributed by atoms with E-state index >= 15 is 0 Å². The fourth-order valence-electron chi connectivity index (χ4n) is 2.93. The molecule has 0 saturated carbocycles. The molecule has 2 atom stereocenters. The molecule has 2 N–H and O–H groups in total. The number of aliphatic carboxylic acids is 1. The predicted octanol–water partition coefficient (Wildman–Crippen LogP) is 2.79. The Morgan fingerprint density at radius 2 is 2.05 bits per heavy atom. The summed E-state index contributed by atoms with van der Waals surface area (Å²) in [4.78, 5) is 11.3. The molecule has 2 unspecified atom stereocenters. The third-order valence-corrected chi connectivity index (χ3v) is 4.38. The van der Waals surface area contributed by atoms with Crippen LogP contribution in [0.2, 0.25) is 0 Å². The highest BCUT2D eigenvalue weighted by Crippen LogP contribution is 2.26. The van der Waals surface area contributed by atoms with E-state index in [4.69, 9.17) is 4.74 Å². The Hall–Kier alpha value is -1.55. The van der Waals surface area contributed by atoms with Crippen LogP contribution in [-0.4, -0.2) is 29.8 Å². The minimum Gasteiger partial charge on any atom is -0.491 e. The van der Waals surface area contributed by atoms with Crippen LogP contribution in [-0.2, 0) is 17.6 Å². The van der Waals surface area contributed by atoms with Crippen LogP contribution in [0.5, 0.6) is 5.75 Å². The molecule has 116 valence electrons. The topological polar surface area (TPSA) is 58.6 Å². The van der Waals surface area contributed by atoms with Gasteiger partial charge in [-0.1, -0.05) is 6.07 Å². The molecule has 1 aliphatic carbocycles. The quantitative estimate of drug-likeness (QED) is 0.846. The molecule has 0 spiro atoms. The van der Waals surface area contributed by atoms with Crippen molar-refractivity contribution in [2.45, 2.75) is 57.6 Å². The first kappa shape index (κ1) is 15.8. The van der Waals surface area contributed by atoms with Crippen molar-refractivity contribution in [1.82, 2.24) is 5.32 Å². The lowest BCUT2D eigenvalue weighted by Crippen LogP contribution is -2.50. The average Bonchev–Trinajstić information content (AvgIpc) is 2.46. The molecule has 0 radical (unpaired) electrons. The van der Waals surface area contributed by atoms with Crippen LogP contribution in [0.25, 0.3) is 0 Å². The number of likely N-dealkylation sites (N-methyl/N-ethyl adjacent to an activating group) is 1. The predicted molar refractivity (Wildman–Crippen MR) is 82.9 cm³/mol. The van der Waals surface area contributed by atoms with Crippen LogP contribution in [0, 0.1) is 0 Å². The second kappa shape index (κ2) is 6.48. The van der Waals surface area contributed by atoms with Gasteiger partial charge < -0.3 is 15.2 Å². The second-order valence-electron chi connectivity index (χ2n) is 6.16. The summed E-state index contributed by atoms with van der Waals surface area (Å²) in [6.07, 6.45) is 5.02. The lowest BCUT2D eigenvalue weighted by atomic mass is 9.91. The Bertz CT molecular complexity index is 515. The van der Waals surface area contributed by atoms with Crippen LogP contribution in [0.1, 0.15) is 44.2 Å². The Morgan fingerprint density at radius 1 is 1.38 bits per heavy atom. The first-order valence-electron chi connectivity index (χ1n) is 7.65. The fourth-order valence-corrected chi connectivity index (χ4v) is 2.93. The van der Waals surface area contributed by atoms with E-state index in [2.05, 4.69) is 17.4 Å². The maximum absolute atomic E-state index is 11.3. The Morgan fingerprint density at radius 3 is 2.67 bits per heavy atom. The Balaban J connectivity index is 2.02. The number of fused-ring (bicyclic) bond motifs is 1. The molecule has 1 aliphatic rings. The third-order valence-electron chi connectivity index (χ3n) is 4.38. The molecular formula is C17H25NO3. The van der Waals surface area contributed by atoms with Crippen molar-refractivity contribution in [2.24, 2.45) is 0 Å². The number of nitrogens with one attached hydrogen (secondary N) is 1. The second-order valence-corrected chi connectivity index (χ2v) is 6.16. The van der Waals surface area contributed by atoms with Gasteiger partial charge in [0.15, 0.2) is 0 Å². The lowest BCUT2D eigenvalue weighted by Gasteiger charge is -2.28. The molecule has 2 rings (SSSR count). The summed E-state index contributed by atoms with van der Waals surface area (Å²) in [6, 6.07) is 6.26. The summed E-state index contributed by atoms with van der Waals surface area (Å²) >= 11 is 0. The van der Waals surface area contributed by atoms with Gasteiger partial charge >= 0.3 is 5.97 Å². The van der Waals surface area contributed by atoms with E-state index in [1.807, 2.05) is 13.0 Å². The molecule has 4 heteroatoms. The van der Waals surface area contributed by atoms with Gasteiger partial charge in [0.05, 0.1) is 6.10 Å². The summed E-state index contributed by atoms with van der Waals surface area (Å²) in [5.41, 5.74) is 1.83. The minimum absolute atomic E-state index is 0.166. The van der Waals surface area contributed by atoms with Crippen molar-refractivity contribution in [3.05, 3.63) is 29.3 Å². The highest BCUT2D eigenvalue weighted by Gasteiger charge is 2.33. The van der Waals surface area contributed by atoms with E-state index in [0.29, 0.717) is 6.42 Å². The summed E-state index contributed by atoms with van der Waals surface area (Å²) in [6.45, 7) is 3.60. The van der Waals surface area contributed by atoms with E-state index in [-0.39, 0.29) is 6.10 Å². The Labute approximate surface area is 126 Å². The van der Waals surface area contributed by atoms with Crippen molar-refractivity contribution in [2.75, 3.05) is 7.05 Å². The number of carboxylic acid groups (broad SMARTS) is 1.